The molecule has 128 valence electrons. The molecule has 4 rings (SSSR count). The van der Waals surface area contributed by atoms with Gasteiger partial charge in [-0.3, -0.25) is 0 Å². The van der Waals surface area contributed by atoms with Gasteiger partial charge in [-0.1, -0.05) is 0 Å². The lowest BCUT2D eigenvalue weighted by molar-refractivity contribution is 0.629. The van der Waals surface area contributed by atoms with Gasteiger partial charge in [0.05, 0.1) is 0 Å². The minimum atomic E-state index is -0.281. The Morgan fingerprint density at radius 1 is 1.32 bits per heavy atom. The van der Waals surface area contributed by atoms with Gasteiger partial charge in [-0.15, -0.1) is 5.10 Å². The Hall–Kier alpha value is -2.68. The lowest BCUT2D eigenvalue weighted by Gasteiger charge is -2.03. The van der Waals surface area contributed by atoms with E-state index >= 15 is 0 Å². The van der Waals surface area contributed by atoms with E-state index in [1.165, 1.54) is 18.5 Å². The molecule has 4 aromatic rings. The lowest BCUT2D eigenvalue weighted by atomic mass is 10.1. The number of benzene rings is 1. The zero-order chi connectivity index (χ0) is 17.4. The molecule has 9 heteroatoms. The van der Waals surface area contributed by atoms with Gasteiger partial charge in [0.15, 0.2) is 11.6 Å². The number of hydrogen-bond acceptors (Lipinski definition) is 5. The molecule has 3 aromatic heterocycles. The van der Waals surface area contributed by atoms with Gasteiger partial charge in [0, 0.05) is 41.9 Å². The highest BCUT2D eigenvalue weighted by molar-refractivity contribution is 7.98. The van der Waals surface area contributed by atoms with Crippen LogP contribution in [0.2, 0.25) is 0 Å². The van der Waals surface area contributed by atoms with E-state index in [9.17, 15) is 4.39 Å². The van der Waals surface area contributed by atoms with E-state index < -0.39 is 0 Å². The van der Waals surface area contributed by atoms with Gasteiger partial charge in [-0.2, -0.15) is 26.5 Å². The van der Waals surface area contributed by atoms with Crippen molar-refractivity contribution >= 4 is 22.7 Å². The van der Waals surface area contributed by atoms with Crippen molar-refractivity contribution in [1.82, 2.24) is 34.5 Å². The second-order valence-electron chi connectivity index (χ2n) is 5.58. The molecule has 25 heavy (non-hydrogen) atoms. The topological polar surface area (TPSA) is 77.2 Å². The first kappa shape index (κ1) is 15.8. The zero-order valence-corrected chi connectivity index (χ0v) is 14.6. The van der Waals surface area contributed by atoms with Crippen LogP contribution in [0.15, 0.2) is 30.7 Å². The van der Waals surface area contributed by atoms with Crippen LogP contribution in [0.4, 0.5) is 4.39 Å². The number of H-pyrrole nitrogens is 1. The molecule has 0 fully saturated rings. The van der Waals surface area contributed by atoms with Crippen LogP contribution in [0, 0.1) is 5.82 Å². The summed E-state index contributed by atoms with van der Waals surface area (Å²) in [6.07, 6.45) is 6.11. The molecule has 1 aromatic carbocycles. The van der Waals surface area contributed by atoms with Crippen LogP contribution >= 0.6 is 11.8 Å². The smallest absolute Gasteiger partial charge is 0.250 e. The predicted molar refractivity (Wildman–Crippen MR) is 95.3 cm³/mol. The molecule has 0 aliphatic heterocycles. The number of halogens is 1. The van der Waals surface area contributed by atoms with Crippen LogP contribution in [0.25, 0.3) is 28.2 Å². The molecule has 1 N–H and O–H groups in total. The number of aromatic nitrogens is 7. The van der Waals surface area contributed by atoms with E-state index in [4.69, 9.17) is 4.98 Å². The van der Waals surface area contributed by atoms with Gasteiger partial charge in [0.1, 0.15) is 12.1 Å². The zero-order valence-electron chi connectivity index (χ0n) is 13.8. The summed E-state index contributed by atoms with van der Waals surface area (Å²) >= 11 is 1.74. The molecule has 0 aliphatic carbocycles. The van der Waals surface area contributed by atoms with Crippen LogP contribution in [-0.2, 0) is 13.5 Å². The molecular weight excluding hydrogens is 341 g/mol. The Labute approximate surface area is 147 Å². The van der Waals surface area contributed by atoms with Crippen LogP contribution in [0.3, 0.4) is 0 Å². The number of nitrogens with zero attached hydrogens (tertiary/aromatic N) is 6. The fourth-order valence-corrected chi connectivity index (χ4v) is 3.12. The first-order valence-corrected chi connectivity index (χ1v) is 9.13. The maximum absolute atomic E-state index is 13.5. The fraction of sp³-hybridized carbons (Fsp3) is 0.250. The van der Waals surface area contributed by atoms with E-state index in [-0.39, 0.29) is 5.82 Å². The van der Waals surface area contributed by atoms with Crippen molar-refractivity contribution in [3.05, 3.63) is 42.4 Å². The number of thioether (sulfide) groups is 1. The fourth-order valence-electron chi connectivity index (χ4n) is 2.73. The van der Waals surface area contributed by atoms with Crippen molar-refractivity contribution < 1.29 is 4.39 Å². The third-order valence-corrected chi connectivity index (χ3v) is 4.55. The second-order valence-corrected chi connectivity index (χ2v) is 6.57. The Morgan fingerprint density at radius 3 is 2.96 bits per heavy atom. The molecule has 0 spiro atoms. The van der Waals surface area contributed by atoms with Crippen molar-refractivity contribution in [2.45, 2.75) is 6.42 Å². The number of rotatable bonds is 5. The molecule has 0 saturated heterocycles. The first-order valence-electron chi connectivity index (χ1n) is 7.73. The van der Waals surface area contributed by atoms with Crippen LogP contribution in [-0.4, -0.2) is 46.5 Å². The summed E-state index contributed by atoms with van der Waals surface area (Å²) in [7, 11) is 1.81. The summed E-state index contributed by atoms with van der Waals surface area (Å²) < 4.78 is 16.8. The Kier molecular flexibility index (Phi) is 4.00. The molecule has 7 nitrogen and oxygen atoms in total. The van der Waals surface area contributed by atoms with E-state index in [1.807, 2.05) is 6.20 Å². The summed E-state index contributed by atoms with van der Waals surface area (Å²) in [6.45, 7) is 0. The van der Waals surface area contributed by atoms with E-state index in [0.29, 0.717) is 17.3 Å². The SMILES string of the molecule is CSCCc1nc(-c2c[nH]c3cc(F)ccc23)n(-c2ncnn2C)n1. The van der Waals surface area contributed by atoms with Gasteiger partial charge < -0.3 is 4.98 Å². The third-order valence-electron chi connectivity index (χ3n) is 3.94. The van der Waals surface area contributed by atoms with Crippen LogP contribution < -0.4 is 0 Å². The Balaban J connectivity index is 1.89. The molecule has 0 radical (unpaired) electrons. The largest absolute Gasteiger partial charge is 0.360 e. The van der Waals surface area contributed by atoms with Crippen molar-refractivity contribution in [1.29, 1.82) is 0 Å². The second kappa shape index (κ2) is 6.32. The highest BCUT2D eigenvalue weighted by Gasteiger charge is 2.19. The number of aromatic amines is 1. The van der Waals surface area contributed by atoms with Crippen molar-refractivity contribution in [2.75, 3.05) is 12.0 Å². The quantitative estimate of drug-likeness (QED) is 0.594. The highest BCUT2D eigenvalue weighted by Crippen LogP contribution is 2.29. The van der Waals surface area contributed by atoms with E-state index in [2.05, 4.69) is 26.4 Å². The van der Waals surface area contributed by atoms with Gasteiger partial charge >= 0.3 is 0 Å². The summed E-state index contributed by atoms with van der Waals surface area (Å²) in [5.74, 6) is 2.63. The maximum atomic E-state index is 13.5. The Bertz CT molecular complexity index is 1030. The van der Waals surface area contributed by atoms with Gasteiger partial charge in [-0.25, -0.2) is 14.1 Å². The molecule has 0 saturated carbocycles. The number of aryl methyl sites for hydroxylation is 2. The van der Waals surface area contributed by atoms with E-state index in [0.717, 1.165) is 28.9 Å². The van der Waals surface area contributed by atoms with E-state index in [1.54, 1.807) is 34.2 Å². The molecule has 0 unspecified atom stereocenters. The average Bonchev–Trinajstić information content (AvgIpc) is 3.29. The number of nitrogens with one attached hydrogen (secondary N) is 1. The van der Waals surface area contributed by atoms with Crippen LogP contribution in [0.5, 0.6) is 0 Å². The third kappa shape index (κ3) is 2.80. The number of hydrogen-bond donors (Lipinski definition) is 1. The molecule has 0 atom stereocenters. The maximum Gasteiger partial charge on any atom is 0.250 e. The van der Waals surface area contributed by atoms with Crippen molar-refractivity contribution in [3.8, 4) is 17.3 Å². The molecule has 0 aliphatic rings. The highest BCUT2D eigenvalue weighted by atomic mass is 32.2. The minimum absolute atomic E-state index is 0.281. The Morgan fingerprint density at radius 2 is 2.20 bits per heavy atom. The van der Waals surface area contributed by atoms with Crippen LogP contribution in [0.1, 0.15) is 5.82 Å². The van der Waals surface area contributed by atoms with Crippen molar-refractivity contribution in [3.63, 3.8) is 0 Å². The summed E-state index contributed by atoms with van der Waals surface area (Å²) in [5.41, 5.74) is 1.56. The molecule has 0 bridgehead atoms. The van der Waals surface area contributed by atoms with Gasteiger partial charge in [-0.05, 0) is 24.5 Å². The monoisotopic (exact) mass is 357 g/mol. The van der Waals surface area contributed by atoms with Gasteiger partial charge in [0.2, 0.25) is 0 Å². The summed E-state index contributed by atoms with van der Waals surface area (Å²) in [6, 6.07) is 4.65. The van der Waals surface area contributed by atoms with Crippen molar-refractivity contribution in [2.24, 2.45) is 7.05 Å². The van der Waals surface area contributed by atoms with Gasteiger partial charge in [0.25, 0.3) is 5.95 Å². The standard InChI is InChI=1S/C16H16FN7S/c1-23-16(19-9-20-23)24-15(21-14(22-24)5-6-25-2)12-8-18-13-7-10(17)3-4-11(12)13/h3-4,7-9,18H,5-6H2,1-2H3. The lowest BCUT2D eigenvalue weighted by Crippen LogP contribution is -2.08. The minimum Gasteiger partial charge on any atom is -0.360 e. The number of fused-ring (bicyclic) bond motifs is 1. The average molecular weight is 357 g/mol. The molecule has 0 amide bonds. The first-order chi connectivity index (χ1) is 12.2. The normalized spacial score (nSPS) is 11.5. The molecule has 3 heterocycles. The summed E-state index contributed by atoms with van der Waals surface area (Å²) in [5, 5.41) is 9.61. The molecular formula is C16H16FN7S. The predicted octanol–water partition coefficient (Wildman–Crippen LogP) is 2.59. The summed E-state index contributed by atoms with van der Waals surface area (Å²) in [4.78, 5) is 12.1.